The highest BCUT2D eigenvalue weighted by atomic mass is 19.4. The van der Waals surface area contributed by atoms with Gasteiger partial charge in [0.05, 0.1) is 19.3 Å². The van der Waals surface area contributed by atoms with E-state index < -0.39 is 23.9 Å². The fourth-order valence-corrected chi connectivity index (χ4v) is 4.15. The summed E-state index contributed by atoms with van der Waals surface area (Å²) in [6.45, 7) is 3.43. The van der Waals surface area contributed by atoms with E-state index >= 15 is 0 Å². The van der Waals surface area contributed by atoms with Crippen molar-refractivity contribution in [2.75, 3.05) is 26.3 Å². The van der Waals surface area contributed by atoms with Crippen molar-refractivity contribution in [3.63, 3.8) is 0 Å². The Bertz CT molecular complexity index is 924. The zero-order chi connectivity index (χ0) is 22.1. The van der Waals surface area contributed by atoms with Gasteiger partial charge >= 0.3 is 12.1 Å². The molecule has 31 heavy (non-hydrogen) atoms. The third kappa shape index (κ3) is 4.76. The molecule has 166 valence electrons. The van der Waals surface area contributed by atoms with E-state index in [-0.39, 0.29) is 13.1 Å². The summed E-state index contributed by atoms with van der Waals surface area (Å²) < 4.78 is 50.5. The van der Waals surface area contributed by atoms with Crippen LogP contribution in [-0.2, 0) is 33.0 Å². The van der Waals surface area contributed by atoms with E-state index in [1.54, 1.807) is 0 Å². The van der Waals surface area contributed by atoms with Crippen LogP contribution >= 0.6 is 0 Å². The van der Waals surface area contributed by atoms with E-state index in [0.29, 0.717) is 26.2 Å². The Morgan fingerprint density at radius 3 is 2.48 bits per heavy atom. The van der Waals surface area contributed by atoms with E-state index in [4.69, 9.17) is 9.47 Å². The summed E-state index contributed by atoms with van der Waals surface area (Å²) in [4.78, 5) is 12.8. The van der Waals surface area contributed by atoms with Gasteiger partial charge in [-0.15, -0.1) is 0 Å². The monoisotopic (exact) mass is 434 g/mol. The minimum atomic E-state index is -4.88. The van der Waals surface area contributed by atoms with Crippen LogP contribution in [0.4, 0.5) is 13.2 Å². The molecule has 0 aliphatic carbocycles. The first kappa shape index (κ1) is 21.8. The van der Waals surface area contributed by atoms with Crippen molar-refractivity contribution < 1.29 is 27.4 Å². The minimum absolute atomic E-state index is 0.0345. The van der Waals surface area contributed by atoms with E-state index in [1.165, 1.54) is 0 Å². The van der Waals surface area contributed by atoms with Gasteiger partial charge in [-0.25, -0.2) is 0 Å². The summed E-state index contributed by atoms with van der Waals surface area (Å²) in [6, 6.07) is 14.9. The highest BCUT2D eigenvalue weighted by Crippen LogP contribution is 2.31. The predicted molar refractivity (Wildman–Crippen MR) is 108 cm³/mol. The number of fused-ring (bicyclic) bond motifs is 1. The van der Waals surface area contributed by atoms with Crippen LogP contribution in [0.3, 0.4) is 0 Å². The number of benzene rings is 2. The predicted octanol–water partition coefficient (Wildman–Crippen LogP) is 3.68. The molecular formula is C23H25F3N2O3. The molecule has 0 radical (unpaired) electrons. The van der Waals surface area contributed by atoms with Gasteiger partial charge in [0.15, 0.2) is 5.79 Å². The molecule has 0 saturated carbocycles. The van der Waals surface area contributed by atoms with E-state index in [0.717, 1.165) is 27.2 Å². The average Bonchev–Trinajstić information content (AvgIpc) is 3.12. The first-order valence-corrected chi connectivity index (χ1v) is 10.3. The van der Waals surface area contributed by atoms with Crippen molar-refractivity contribution in [1.82, 2.24) is 10.2 Å². The van der Waals surface area contributed by atoms with Gasteiger partial charge in [-0.1, -0.05) is 48.5 Å². The second kappa shape index (κ2) is 8.61. The van der Waals surface area contributed by atoms with Gasteiger partial charge in [0.1, 0.15) is 0 Å². The lowest BCUT2D eigenvalue weighted by molar-refractivity contribution is -0.185. The fraction of sp³-hybridized carbons (Fsp3) is 0.435. The molecule has 0 bridgehead atoms. The SMILES string of the molecule is CC1(c2ccc(CNC3CN(C(=O)C(F)(F)F)CCc4ccccc43)cc2)OCCO1. The zero-order valence-corrected chi connectivity index (χ0v) is 17.2. The molecule has 2 aliphatic heterocycles. The lowest BCUT2D eigenvalue weighted by Gasteiger charge is -2.27. The van der Waals surface area contributed by atoms with Crippen LogP contribution < -0.4 is 5.32 Å². The molecule has 5 nitrogen and oxygen atoms in total. The summed E-state index contributed by atoms with van der Waals surface area (Å²) in [7, 11) is 0. The Morgan fingerprint density at radius 1 is 1.13 bits per heavy atom. The third-order valence-electron chi connectivity index (χ3n) is 5.88. The number of carbonyl (C=O) groups excluding carboxylic acids is 1. The Balaban J connectivity index is 1.49. The number of carbonyl (C=O) groups is 1. The average molecular weight is 434 g/mol. The summed E-state index contributed by atoms with van der Waals surface area (Å²) in [5, 5.41) is 3.35. The number of nitrogens with one attached hydrogen (secondary N) is 1. The minimum Gasteiger partial charge on any atom is -0.344 e. The Kier molecular flexibility index (Phi) is 6.05. The van der Waals surface area contributed by atoms with Crippen LogP contribution in [-0.4, -0.2) is 43.3 Å². The van der Waals surface area contributed by atoms with Crippen molar-refractivity contribution in [3.8, 4) is 0 Å². The summed E-state index contributed by atoms with van der Waals surface area (Å²) in [6.07, 6.45) is -4.49. The topological polar surface area (TPSA) is 50.8 Å². The van der Waals surface area contributed by atoms with Crippen LogP contribution in [0.25, 0.3) is 0 Å². The van der Waals surface area contributed by atoms with Gasteiger partial charge in [-0.3, -0.25) is 4.79 Å². The number of ether oxygens (including phenoxy) is 2. The molecule has 2 aromatic carbocycles. The van der Waals surface area contributed by atoms with E-state index in [1.807, 2.05) is 55.5 Å². The molecule has 1 saturated heterocycles. The molecule has 1 atom stereocenters. The second-order valence-corrected chi connectivity index (χ2v) is 7.97. The standard InChI is InChI=1S/C23H25F3N2O3/c1-22(30-12-13-31-22)18-8-6-16(7-9-18)14-27-20-15-28(21(29)23(24,25)26)11-10-17-4-2-3-5-19(17)20/h2-9,20,27H,10-15H2,1H3. The number of halogens is 3. The van der Waals surface area contributed by atoms with E-state index in [9.17, 15) is 18.0 Å². The highest BCUT2D eigenvalue weighted by Gasteiger charge is 2.43. The Morgan fingerprint density at radius 2 is 1.81 bits per heavy atom. The van der Waals surface area contributed by atoms with Gasteiger partial charge < -0.3 is 19.7 Å². The van der Waals surface area contributed by atoms with Crippen LogP contribution in [0.1, 0.15) is 35.2 Å². The van der Waals surface area contributed by atoms with Crippen LogP contribution in [0.15, 0.2) is 48.5 Å². The number of nitrogens with zero attached hydrogens (tertiary/aromatic N) is 1. The molecule has 1 N–H and O–H groups in total. The molecule has 1 unspecified atom stereocenters. The second-order valence-electron chi connectivity index (χ2n) is 7.97. The molecular weight excluding hydrogens is 409 g/mol. The smallest absolute Gasteiger partial charge is 0.344 e. The number of alkyl halides is 3. The maximum Gasteiger partial charge on any atom is 0.471 e. The van der Waals surface area contributed by atoms with Crippen molar-refractivity contribution in [2.45, 2.75) is 37.9 Å². The number of amides is 1. The van der Waals surface area contributed by atoms with Crippen molar-refractivity contribution >= 4 is 5.91 Å². The first-order valence-electron chi connectivity index (χ1n) is 10.3. The van der Waals surface area contributed by atoms with Crippen molar-refractivity contribution in [1.29, 1.82) is 0 Å². The molecule has 1 amide bonds. The van der Waals surface area contributed by atoms with Crippen LogP contribution in [0, 0.1) is 0 Å². The van der Waals surface area contributed by atoms with Gasteiger partial charge in [-0.2, -0.15) is 13.2 Å². The molecule has 1 fully saturated rings. The molecule has 0 aromatic heterocycles. The molecule has 4 rings (SSSR count). The molecule has 0 spiro atoms. The van der Waals surface area contributed by atoms with Gasteiger partial charge in [0.2, 0.25) is 0 Å². The molecule has 2 heterocycles. The largest absolute Gasteiger partial charge is 0.471 e. The maximum absolute atomic E-state index is 13.0. The quantitative estimate of drug-likeness (QED) is 0.798. The fourth-order valence-electron chi connectivity index (χ4n) is 4.15. The summed E-state index contributed by atoms with van der Waals surface area (Å²) in [5.41, 5.74) is 3.77. The molecule has 2 aliphatic rings. The van der Waals surface area contributed by atoms with Crippen LogP contribution in [0.2, 0.25) is 0 Å². The van der Waals surface area contributed by atoms with Crippen LogP contribution in [0.5, 0.6) is 0 Å². The number of hydrogen-bond acceptors (Lipinski definition) is 4. The normalized spacial score (nSPS) is 20.9. The lowest BCUT2D eigenvalue weighted by Crippen LogP contribution is -2.44. The van der Waals surface area contributed by atoms with Crippen molar-refractivity contribution in [3.05, 3.63) is 70.8 Å². The van der Waals surface area contributed by atoms with Crippen molar-refractivity contribution in [2.24, 2.45) is 0 Å². The summed E-state index contributed by atoms with van der Waals surface area (Å²) >= 11 is 0. The Labute approximate surface area is 179 Å². The molecule has 8 heteroatoms. The number of rotatable bonds is 4. The lowest BCUT2D eigenvalue weighted by atomic mass is 9.99. The highest BCUT2D eigenvalue weighted by molar-refractivity contribution is 5.82. The van der Waals surface area contributed by atoms with Gasteiger partial charge in [-0.05, 0) is 30.0 Å². The van der Waals surface area contributed by atoms with Gasteiger partial charge in [0, 0.05) is 25.2 Å². The first-order chi connectivity index (χ1) is 14.8. The zero-order valence-electron chi connectivity index (χ0n) is 17.2. The molecule has 2 aromatic rings. The van der Waals surface area contributed by atoms with Gasteiger partial charge in [0.25, 0.3) is 0 Å². The van der Waals surface area contributed by atoms with E-state index in [2.05, 4.69) is 5.32 Å². The summed E-state index contributed by atoms with van der Waals surface area (Å²) in [5.74, 6) is -2.54. The third-order valence-corrected chi connectivity index (χ3v) is 5.88. The Hall–Kier alpha value is -2.42. The maximum atomic E-state index is 13.0. The number of hydrogen-bond donors (Lipinski definition) is 1.